The molecule has 0 bridgehead atoms. The van der Waals surface area contributed by atoms with Crippen molar-refractivity contribution in [3.05, 3.63) is 29.8 Å². The average molecular weight is 444 g/mol. The normalized spacial score (nSPS) is 11.6. The molecule has 3 nitrogen and oxygen atoms in total. The van der Waals surface area contributed by atoms with E-state index in [-0.39, 0.29) is 12.8 Å². The smallest absolute Gasteiger partial charge is 0.389 e. The van der Waals surface area contributed by atoms with Crippen LogP contribution in [0.3, 0.4) is 0 Å². The molecule has 0 aliphatic carbocycles. The Morgan fingerprint density at radius 1 is 0.710 bits per heavy atom. The Balaban J connectivity index is 1.80. The summed E-state index contributed by atoms with van der Waals surface area (Å²) >= 11 is 0. The van der Waals surface area contributed by atoms with Gasteiger partial charge < -0.3 is 10.4 Å². The molecule has 0 aromatic heterocycles. The first-order chi connectivity index (χ1) is 14.9. The second kappa shape index (κ2) is 16.9. The predicted octanol–water partition coefficient (Wildman–Crippen LogP) is 8.14. The Hall–Kier alpha value is -1.72. The maximum atomic E-state index is 12.0. The number of hydrogen-bond acceptors (Lipinski definition) is 2. The zero-order chi connectivity index (χ0) is 22.8. The van der Waals surface area contributed by atoms with Crippen LogP contribution in [0.5, 0.6) is 0 Å². The maximum absolute atomic E-state index is 12.0. The lowest BCUT2D eigenvalue weighted by Crippen LogP contribution is -2.06. The molecule has 0 heterocycles. The summed E-state index contributed by atoms with van der Waals surface area (Å²) in [5.41, 5.74) is 1.85. The van der Waals surface area contributed by atoms with E-state index in [4.69, 9.17) is 5.11 Å². The van der Waals surface area contributed by atoms with Crippen molar-refractivity contribution in [2.45, 2.75) is 109 Å². The van der Waals surface area contributed by atoms with Crippen molar-refractivity contribution in [3.63, 3.8) is 0 Å². The summed E-state index contributed by atoms with van der Waals surface area (Å²) in [4.78, 5) is 10.7. The van der Waals surface area contributed by atoms with Crippen LogP contribution in [0.1, 0.15) is 102 Å². The standard InChI is InChI=1S/C25H40F3NO2/c26-25(27,28)19-13-11-9-7-5-3-1-2-4-6-8-10-12-14-20-29-23-17-15-22(16-18-23)21-24(30)31/h15-18,29H,1-14,19-21H2,(H,30,31). The third-order valence-corrected chi connectivity index (χ3v) is 5.53. The predicted molar refractivity (Wildman–Crippen MR) is 122 cm³/mol. The second-order valence-electron chi connectivity index (χ2n) is 8.51. The van der Waals surface area contributed by atoms with Crippen molar-refractivity contribution < 1.29 is 23.1 Å². The van der Waals surface area contributed by atoms with Crippen LogP contribution in [0.25, 0.3) is 0 Å². The number of carboxylic acids is 1. The fourth-order valence-corrected chi connectivity index (χ4v) is 3.72. The van der Waals surface area contributed by atoms with Crippen LogP contribution in [0.4, 0.5) is 18.9 Å². The number of anilines is 1. The molecule has 0 unspecified atom stereocenters. The number of nitrogens with one attached hydrogen (secondary N) is 1. The molecule has 0 radical (unpaired) electrons. The largest absolute Gasteiger partial charge is 0.481 e. The number of halogens is 3. The van der Waals surface area contributed by atoms with Crippen LogP contribution in [0.15, 0.2) is 24.3 Å². The monoisotopic (exact) mass is 443 g/mol. The third kappa shape index (κ3) is 17.6. The quantitative estimate of drug-likeness (QED) is 0.212. The lowest BCUT2D eigenvalue weighted by molar-refractivity contribution is -0.136. The highest BCUT2D eigenvalue weighted by Gasteiger charge is 2.25. The van der Waals surface area contributed by atoms with Crippen molar-refractivity contribution >= 4 is 11.7 Å². The minimum Gasteiger partial charge on any atom is -0.481 e. The molecular weight excluding hydrogens is 403 g/mol. The lowest BCUT2D eigenvalue weighted by Gasteiger charge is -2.07. The van der Waals surface area contributed by atoms with Gasteiger partial charge in [0.05, 0.1) is 6.42 Å². The van der Waals surface area contributed by atoms with E-state index in [0.29, 0.717) is 6.42 Å². The molecule has 0 spiro atoms. The second-order valence-corrected chi connectivity index (χ2v) is 8.51. The van der Waals surface area contributed by atoms with Gasteiger partial charge in [-0.15, -0.1) is 0 Å². The Morgan fingerprint density at radius 3 is 1.55 bits per heavy atom. The van der Waals surface area contributed by atoms with E-state index in [1.807, 2.05) is 24.3 Å². The van der Waals surface area contributed by atoms with Crippen molar-refractivity contribution in [2.24, 2.45) is 0 Å². The minimum absolute atomic E-state index is 0.0641. The molecule has 31 heavy (non-hydrogen) atoms. The van der Waals surface area contributed by atoms with Gasteiger partial charge in [0.15, 0.2) is 0 Å². The van der Waals surface area contributed by atoms with Crippen LogP contribution in [-0.4, -0.2) is 23.8 Å². The highest BCUT2D eigenvalue weighted by atomic mass is 19.4. The van der Waals surface area contributed by atoms with Gasteiger partial charge in [-0.05, 0) is 30.5 Å². The molecule has 0 amide bonds. The summed E-state index contributed by atoms with van der Waals surface area (Å²) in [7, 11) is 0. The summed E-state index contributed by atoms with van der Waals surface area (Å²) in [5.74, 6) is -0.808. The van der Waals surface area contributed by atoms with Crippen molar-refractivity contribution in [1.82, 2.24) is 0 Å². The fraction of sp³-hybridized carbons (Fsp3) is 0.720. The van der Waals surface area contributed by atoms with Crippen LogP contribution in [0.2, 0.25) is 0 Å². The molecule has 178 valence electrons. The SMILES string of the molecule is O=C(O)Cc1ccc(NCCCCCCCCCCCCCCCCC(F)(F)F)cc1. The number of carbonyl (C=O) groups is 1. The van der Waals surface area contributed by atoms with Gasteiger partial charge in [0.2, 0.25) is 0 Å². The number of carboxylic acid groups (broad SMARTS) is 1. The molecule has 0 aliphatic rings. The number of unbranched alkanes of at least 4 members (excludes halogenated alkanes) is 13. The summed E-state index contributed by atoms with van der Waals surface area (Å²) in [6, 6.07) is 7.59. The summed E-state index contributed by atoms with van der Waals surface area (Å²) in [6.45, 7) is 0.939. The van der Waals surface area contributed by atoms with Crippen LogP contribution in [-0.2, 0) is 11.2 Å². The first-order valence-corrected chi connectivity index (χ1v) is 12.0. The Labute approximate surface area is 185 Å². The Kier molecular flexibility index (Phi) is 14.9. The van der Waals surface area contributed by atoms with Gasteiger partial charge in [0.25, 0.3) is 0 Å². The fourth-order valence-electron chi connectivity index (χ4n) is 3.72. The van der Waals surface area contributed by atoms with E-state index in [1.165, 1.54) is 51.4 Å². The van der Waals surface area contributed by atoms with Gasteiger partial charge in [0, 0.05) is 18.7 Å². The van der Waals surface area contributed by atoms with Gasteiger partial charge in [-0.25, -0.2) is 0 Å². The number of hydrogen-bond donors (Lipinski definition) is 2. The first-order valence-electron chi connectivity index (χ1n) is 12.0. The van der Waals surface area contributed by atoms with E-state index in [2.05, 4.69) is 5.32 Å². The highest BCUT2D eigenvalue weighted by Crippen LogP contribution is 2.23. The van der Waals surface area contributed by atoms with E-state index < -0.39 is 18.6 Å². The van der Waals surface area contributed by atoms with Gasteiger partial charge in [-0.3, -0.25) is 4.79 Å². The van der Waals surface area contributed by atoms with Crippen molar-refractivity contribution in [3.8, 4) is 0 Å². The molecule has 0 aliphatic heterocycles. The first kappa shape index (κ1) is 27.3. The number of rotatable bonds is 19. The third-order valence-electron chi connectivity index (χ3n) is 5.53. The molecule has 2 N–H and O–H groups in total. The van der Waals surface area contributed by atoms with E-state index >= 15 is 0 Å². The van der Waals surface area contributed by atoms with Crippen molar-refractivity contribution in [2.75, 3.05) is 11.9 Å². The van der Waals surface area contributed by atoms with E-state index in [9.17, 15) is 18.0 Å². The number of alkyl halides is 3. The number of aliphatic carboxylic acids is 1. The van der Waals surface area contributed by atoms with E-state index in [1.54, 1.807) is 0 Å². The van der Waals surface area contributed by atoms with Gasteiger partial charge in [-0.1, -0.05) is 89.2 Å². The zero-order valence-electron chi connectivity index (χ0n) is 18.8. The molecule has 0 atom stereocenters. The van der Waals surface area contributed by atoms with Crippen LogP contribution in [0, 0.1) is 0 Å². The minimum atomic E-state index is -3.99. The summed E-state index contributed by atoms with van der Waals surface area (Å²) in [6.07, 6.45) is 10.8. The molecule has 1 aromatic rings. The van der Waals surface area contributed by atoms with Crippen molar-refractivity contribution in [1.29, 1.82) is 0 Å². The lowest BCUT2D eigenvalue weighted by atomic mass is 10.0. The topological polar surface area (TPSA) is 49.3 Å². The molecule has 0 fully saturated rings. The Bertz CT molecular complexity index is 573. The zero-order valence-corrected chi connectivity index (χ0v) is 18.8. The maximum Gasteiger partial charge on any atom is 0.389 e. The average Bonchev–Trinajstić information content (AvgIpc) is 2.70. The molecular formula is C25H40F3NO2. The van der Waals surface area contributed by atoms with Gasteiger partial charge in [-0.2, -0.15) is 13.2 Å². The molecule has 1 rings (SSSR count). The number of benzene rings is 1. The van der Waals surface area contributed by atoms with Crippen LogP contribution < -0.4 is 5.32 Å². The van der Waals surface area contributed by atoms with Crippen LogP contribution >= 0.6 is 0 Å². The Morgan fingerprint density at radius 2 is 1.13 bits per heavy atom. The molecule has 0 saturated heterocycles. The molecule has 1 aromatic carbocycles. The van der Waals surface area contributed by atoms with Gasteiger partial charge >= 0.3 is 12.1 Å². The summed E-state index contributed by atoms with van der Waals surface area (Å²) < 4.78 is 36.1. The molecule has 0 saturated carbocycles. The van der Waals surface area contributed by atoms with E-state index in [0.717, 1.165) is 43.5 Å². The van der Waals surface area contributed by atoms with Gasteiger partial charge in [0.1, 0.15) is 0 Å². The summed E-state index contributed by atoms with van der Waals surface area (Å²) in [5, 5.41) is 12.2. The highest BCUT2D eigenvalue weighted by molar-refractivity contribution is 5.70. The molecule has 6 heteroatoms.